The molecule has 0 bridgehead atoms. The molecule has 0 unspecified atom stereocenters. The van der Waals surface area contributed by atoms with Crippen molar-refractivity contribution in [1.29, 1.82) is 0 Å². The molecule has 1 aromatic rings. The first-order valence-electron chi connectivity index (χ1n) is 10.5. The van der Waals surface area contributed by atoms with Gasteiger partial charge >= 0.3 is 13.8 Å². The lowest BCUT2D eigenvalue weighted by Crippen LogP contribution is -2.33. The Kier molecular flexibility index (Phi) is 11.8. The minimum Gasteiger partial charge on any atom is -0.404 e. The molecular formula is C20H27N2O12P. The van der Waals surface area contributed by atoms with Crippen molar-refractivity contribution in [3.63, 3.8) is 0 Å². The predicted octanol–water partition coefficient (Wildman–Crippen LogP) is -0.526. The number of phosphoric acid groups is 1. The van der Waals surface area contributed by atoms with Gasteiger partial charge in [0.2, 0.25) is 5.91 Å². The molecule has 15 heteroatoms. The van der Waals surface area contributed by atoms with Gasteiger partial charge in [-0.3, -0.25) is 24.2 Å². The van der Waals surface area contributed by atoms with E-state index in [2.05, 4.69) is 14.7 Å². The molecule has 1 saturated heterocycles. The minimum atomic E-state index is -4.62. The van der Waals surface area contributed by atoms with Gasteiger partial charge in [0.1, 0.15) is 12.4 Å². The summed E-state index contributed by atoms with van der Waals surface area (Å²) in [6.45, 7) is 0.944. The molecule has 1 aromatic carbocycles. The van der Waals surface area contributed by atoms with E-state index in [0.29, 0.717) is 10.6 Å². The molecule has 14 nitrogen and oxygen atoms in total. The van der Waals surface area contributed by atoms with Crippen molar-refractivity contribution in [1.82, 2.24) is 10.4 Å². The van der Waals surface area contributed by atoms with Crippen LogP contribution in [0.5, 0.6) is 5.75 Å². The van der Waals surface area contributed by atoms with E-state index < -0.39 is 32.2 Å². The second-order valence-electron chi connectivity index (χ2n) is 7.08. The molecule has 0 saturated carbocycles. The van der Waals surface area contributed by atoms with E-state index in [4.69, 9.17) is 24.0 Å². The normalized spacial score (nSPS) is 13.7. The fourth-order valence-electron chi connectivity index (χ4n) is 2.70. The van der Waals surface area contributed by atoms with Gasteiger partial charge in [-0.15, -0.1) is 5.06 Å². The summed E-state index contributed by atoms with van der Waals surface area (Å²) in [7, 11) is -4.62. The van der Waals surface area contributed by atoms with Crippen molar-refractivity contribution in [3.8, 4) is 5.75 Å². The van der Waals surface area contributed by atoms with Crippen molar-refractivity contribution in [2.45, 2.75) is 19.3 Å². The average molecular weight is 518 g/mol. The summed E-state index contributed by atoms with van der Waals surface area (Å²) in [5.74, 6) is -2.23. The summed E-state index contributed by atoms with van der Waals surface area (Å²) in [5.41, 5.74) is 0.642. The van der Waals surface area contributed by atoms with Crippen molar-refractivity contribution in [2.75, 3.05) is 46.2 Å². The van der Waals surface area contributed by atoms with E-state index in [9.17, 15) is 23.7 Å². The van der Waals surface area contributed by atoms with Crippen LogP contribution in [-0.4, -0.2) is 84.7 Å². The van der Waals surface area contributed by atoms with Crippen LogP contribution in [0.25, 0.3) is 0 Å². The highest BCUT2D eigenvalue weighted by Crippen LogP contribution is 2.37. The number of rotatable bonds is 16. The molecular weight excluding hydrogens is 491 g/mol. The van der Waals surface area contributed by atoms with Gasteiger partial charge in [0.05, 0.1) is 39.5 Å². The second kappa shape index (κ2) is 14.5. The second-order valence-corrected chi connectivity index (χ2v) is 8.24. The summed E-state index contributed by atoms with van der Waals surface area (Å²) >= 11 is 0. The summed E-state index contributed by atoms with van der Waals surface area (Å²) in [6.07, 6.45) is 0.120. The molecule has 3 N–H and O–H groups in total. The number of carbonyl (C=O) groups is 4. The smallest absolute Gasteiger partial charge is 0.404 e. The first-order chi connectivity index (χ1) is 16.6. The van der Waals surface area contributed by atoms with E-state index in [1.165, 1.54) is 24.3 Å². The number of nitrogens with zero attached hydrogens (tertiary/aromatic N) is 1. The monoisotopic (exact) mass is 518 g/mol. The molecule has 0 radical (unpaired) electrons. The van der Waals surface area contributed by atoms with Crippen LogP contribution in [0.2, 0.25) is 0 Å². The molecule has 0 aliphatic carbocycles. The van der Waals surface area contributed by atoms with Crippen molar-refractivity contribution < 1.29 is 57.1 Å². The third kappa shape index (κ3) is 11.9. The number of imide groups is 1. The third-order valence-electron chi connectivity index (χ3n) is 4.24. The number of benzene rings is 1. The summed E-state index contributed by atoms with van der Waals surface area (Å²) in [6, 6.07) is 5.78. The summed E-state index contributed by atoms with van der Waals surface area (Å²) in [4.78, 5) is 68.2. The van der Waals surface area contributed by atoms with Gasteiger partial charge in [0, 0.05) is 19.4 Å². The highest BCUT2D eigenvalue weighted by atomic mass is 31.2. The van der Waals surface area contributed by atoms with Crippen molar-refractivity contribution >= 4 is 31.5 Å². The SMILES string of the molecule is O=C(Cc1ccc(OP(=O)(O)O)cc1)NCCOCCOCCOCC(=O)ON1C(=O)CCC1=O. The fraction of sp³-hybridized carbons (Fsp3) is 0.500. The molecule has 1 aliphatic rings. The first kappa shape index (κ1) is 28.4. The number of hydroxylamine groups is 2. The number of nitrogens with one attached hydrogen (secondary N) is 1. The van der Waals surface area contributed by atoms with E-state index in [0.717, 1.165) is 0 Å². The topological polar surface area (TPSA) is 187 Å². The number of phosphoric ester groups is 1. The standard InChI is InChI=1S/C20H27N2O12P/c23-17(13-15-1-3-16(4-2-15)34-35(27,28)29)21-7-8-30-9-10-31-11-12-32-14-20(26)33-22-18(24)5-6-19(22)25/h1-4H,5-14H2,(H,21,23)(H2,27,28,29). The van der Waals surface area contributed by atoms with Crippen LogP contribution < -0.4 is 9.84 Å². The Labute approximate surface area is 200 Å². The molecule has 194 valence electrons. The molecule has 0 aromatic heterocycles. The molecule has 2 rings (SSSR count). The summed E-state index contributed by atoms with van der Waals surface area (Å²) in [5, 5.41) is 3.13. The Bertz CT molecular complexity index is 901. The number of carbonyl (C=O) groups excluding carboxylic acids is 4. The van der Waals surface area contributed by atoms with E-state index in [-0.39, 0.29) is 70.5 Å². The predicted molar refractivity (Wildman–Crippen MR) is 115 cm³/mol. The van der Waals surface area contributed by atoms with Crippen LogP contribution in [0.1, 0.15) is 18.4 Å². The molecule has 1 heterocycles. The number of hydrogen-bond acceptors (Lipinski definition) is 10. The maximum atomic E-state index is 11.9. The third-order valence-corrected chi connectivity index (χ3v) is 4.69. The molecule has 0 atom stereocenters. The van der Waals surface area contributed by atoms with Gasteiger partial charge in [-0.1, -0.05) is 12.1 Å². The van der Waals surface area contributed by atoms with Crippen LogP contribution in [-0.2, 0) is 49.2 Å². The van der Waals surface area contributed by atoms with Crippen LogP contribution in [0.15, 0.2) is 24.3 Å². The van der Waals surface area contributed by atoms with Crippen LogP contribution in [0, 0.1) is 0 Å². The first-order valence-corrected chi connectivity index (χ1v) is 12.1. The molecule has 3 amide bonds. The number of hydrogen-bond donors (Lipinski definition) is 3. The maximum absolute atomic E-state index is 11.9. The quantitative estimate of drug-likeness (QED) is 0.144. The van der Waals surface area contributed by atoms with Gasteiger partial charge in [0.25, 0.3) is 11.8 Å². The minimum absolute atomic E-state index is 0.0000739. The van der Waals surface area contributed by atoms with Gasteiger partial charge in [-0.2, -0.15) is 0 Å². The van der Waals surface area contributed by atoms with E-state index >= 15 is 0 Å². The highest BCUT2D eigenvalue weighted by molar-refractivity contribution is 7.46. The lowest BCUT2D eigenvalue weighted by Gasteiger charge is -2.12. The Hall–Kier alpha value is -2.87. The van der Waals surface area contributed by atoms with Crippen LogP contribution in [0.4, 0.5) is 0 Å². The highest BCUT2D eigenvalue weighted by Gasteiger charge is 2.32. The zero-order valence-electron chi connectivity index (χ0n) is 18.8. The molecule has 1 fully saturated rings. The lowest BCUT2D eigenvalue weighted by molar-refractivity contribution is -0.200. The van der Waals surface area contributed by atoms with Gasteiger partial charge < -0.3 is 28.9 Å². The molecule has 35 heavy (non-hydrogen) atoms. The fourth-order valence-corrected chi connectivity index (χ4v) is 3.09. The summed E-state index contributed by atoms with van der Waals surface area (Å²) < 4.78 is 30.8. The molecule has 0 spiro atoms. The van der Waals surface area contributed by atoms with Crippen LogP contribution in [0.3, 0.4) is 0 Å². The van der Waals surface area contributed by atoms with Crippen molar-refractivity contribution in [3.05, 3.63) is 29.8 Å². The Morgan fingerprint density at radius 1 is 0.914 bits per heavy atom. The average Bonchev–Trinajstić information content (AvgIpc) is 3.10. The largest absolute Gasteiger partial charge is 0.524 e. The molecule has 1 aliphatic heterocycles. The zero-order chi connectivity index (χ0) is 25.7. The van der Waals surface area contributed by atoms with Gasteiger partial charge in [-0.25, -0.2) is 9.36 Å². The Morgan fingerprint density at radius 2 is 1.49 bits per heavy atom. The van der Waals surface area contributed by atoms with Gasteiger partial charge in [0.15, 0.2) is 0 Å². The Morgan fingerprint density at radius 3 is 2.09 bits per heavy atom. The van der Waals surface area contributed by atoms with E-state index in [1.54, 1.807) is 0 Å². The number of amides is 3. The lowest BCUT2D eigenvalue weighted by atomic mass is 10.1. The number of ether oxygens (including phenoxy) is 3. The van der Waals surface area contributed by atoms with Gasteiger partial charge in [-0.05, 0) is 17.7 Å². The van der Waals surface area contributed by atoms with Crippen LogP contribution >= 0.6 is 7.82 Å². The Balaban J connectivity index is 1.41. The zero-order valence-corrected chi connectivity index (χ0v) is 19.6. The van der Waals surface area contributed by atoms with Crippen molar-refractivity contribution in [2.24, 2.45) is 0 Å². The maximum Gasteiger partial charge on any atom is 0.524 e. The van der Waals surface area contributed by atoms with E-state index in [1.807, 2.05) is 0 Å².